The monoisotopic (exact) mass is 313 g/mol. The van der Waals surface area contributed by atoms with Gasteiger partial charge in [-0.3, -0.25) is 0 Å². The van der Waals surface area contributed by atoms with E-state index in [9.17, 15) is 12.8 Å². The average Bonchev–Trinajstić information content (AvgIpc) is 2.52. The average molecular weight is 313 g/mol. The van der Waals surface area contributed by atoms with Crippen molar-refractivity contribution in [2.45, 2.75) is 63.8 Å². The van der Waals surface area contributed by atoms with Crippen LogP contribution >= 0.6 is 0 Å². The molecule has 2 rings (SSSR count). The molecule has 0 spiro atoms. The number of halogens is 1. The Hall–Kier alpha value is -0.940. The highest BCUT2D eigenvalue weighted by Gasteiger charge is 2.27. The van der Waals surface area contributed by atoms with Gasteiger partial charge in [-0.25, -0.2) is 17.5 Å². The number of aryl methyl sites for hydroxylation is 2. The van der Waals surface area contributed by atoms with E-state index in [1.165, 1.54) is 12.1 Å². The van der Waals surface area contributed by atoms with Gasteiger partial charge in [0.1, 0.15) is 5.82 Å². The second-order valence-electron chi connectivity index (χ2n) is 6.21. The molecule has 1 aromatic rings. The van der Waals surface area contributed by atoms with Gasteiger partial charge in [0.2, 0.25) is 10.0 Å². The fourth-order valence-corrected chi connectivity index (χ4v) is 5.08. The van der Waals surface area contributed by atoms with Gasteiger partial charge in [0.15, 0.2) is 0 Å². The molecule has 5 heteroatoms. The van der Waals surface area contributed by atoms with Gasteiger partial charge < -0.3 is 0 Å². The van der Waals surface area contributed by atoms with Gasteiger partial charge in [0, 0.05) is 6.04 Å². The van der Waals surface area contributed by atoms with Gasteiger partial charge in [-0.05, 0) is 55.9 Å². The molecule has 0 saturated heterocycles. The van der Waals surface area contributed by atoms with Crippen LogP contribution in [0.1, 0.15) is 50.2 Å². The first kappa shape index (κ1) is 16.4. The number of benzene rings is 1. The number of rotatable bonds is 3. The number of hydrogen-bond acceptors (Lipinski definition) is 2. The lowest BCUT2D eigenvalue weighted by Crippen LogP contribution is -2.39. The first-order chi connectivity index (χ1) is 9.81. The maximum Gasteiger partial charge on any atom is 0.241 e. The van der Waals surface area contributed by atoms with Crippen LogP contribution in [-0.4, -0.2) is 14.5 Å². The highest BCUT2D eigenvalue weighted by molar-refractivity contribution is 7.89. The van der Waals surface area contributed by atoms with Crippen LogP contribution in [0.2, 0.25) is 0 Å². The normalized spacial score (nSPS) is 23.8. The van der Waals surface area contributed by atoms with Crippen LogP contribution in [0.15, 0.2) is 17.0 Å². The van der Waals surface area contributed by atoms with E-state index in [0.717, 1.165) is 32.1 Å². The van der Waals surface area contributed by atoms with Crippen LogP contribution in [-0.2, 0) is 10.0 Å². The third-order valence-corrected chi connectivity index (χ3v) is 6.16. The Balaban J connectivity index is 2.30. The van der Waals surface area contributed by atoms with Crippen LogP contribution in [0.3, 0.4) is 0 Å². The van der Waals surface area contributed by atoms with Crippen molar-refractivity contribution in [3.05, 3.63) is 29.1 Å². The molecule has 1 aromatic carbocycles. The Bertz CT molecular complexity index is 590. The van der Waals surface area contributed by atoms with Crippen LogP contribution in [0.25, 0.3) is 0 Å². The zero-order valence-electron chi connectivity index (χ0n) is 12.9. The molecule has 0 amide bonds. The molecule has 1 fully saturated rings. The topological polar surface area (TPSA) is 46.2 Å². The lowest BCUT2D eigenvalue weighted by atomic mass is 9.98. The minimum Gasteiger partial charge on any atom is -0.208 e. The summed E-state index contributed by atoms with van der Waals surface area (Å²) >= 11 is 0. The van der Waals surface area contributed by atoms with Crippen molar-refractivity contribution in [3.63, 3.8) is 0 Å². The summed E-state index contributed by atoms with van der Waals surface area (Å²) in [6.45, 7) is 5.38. The lowest BCUT2D eigenvalue weighted by Gasteiger charge is -2.23. The molecule has 0 aromatic heterocycles. The smallest absolute Gasteiger partial charge is 0.208 e. The SMILES string of the molecule is Cc1cc(F)cc(C)c1S(=O)(=O)NC1CCCCCC1C. The van der Waals surface area contributed by atoms with E-state index in [1.807, 2.05) is 0 Å². The molecule has 1 saturated carbocycles. The number of hydrogen-bond donors (Lipinski definition) is 1. The Labute approximate surface area is 127 Å². The number of nitrogens with one attached hydrogen (secondary N) is 1. The molecular formula is C16H24FNO2S. The van der Waals surface area contributed by atoms with Crippen molar-refractivity contribution < 1.29 is 12.8 Å². The van der Waals surface area contributed by atoms with Crippen molar-refractivity contribution >= 4 is 10.0 Å². The van der Waals surface area contributed by atoms with Gasteiger partial charge in [-0.2, -0.15) is 0 Å². The molecule has 2 atom stereocenters. The number of sulfonamides is 1. The van der Waals surface area contributed by atoms with E-state index in [4.69, 9.17) is 0 Å². The van der Waals surface area contributed by atoms with Gasteiger partial charge in [-0.1, -0.05) is 26.2 Å². The first-order valence-corrected chi connectivity index (χ1v) is 9.08. The Morgan fingerprint density at radius 1 is 1.10 bits per heavy atom. The van der Waals surface area contributed by atoms with Crippen molar-refractivity contribution in [2.75, 3.05) is 0 Å². The van der Waals surface area contributed by atoms with Crippen molar-refractivity contribution in [1.29, 1.82) is 0 Å². The molecule has 0 heterocycles. The van der Waals surface area contributed by atoms with Gasteiger partial charge in [0.25, 0.3) is 0 Å². The molecule has 0 radical (unpaired) electrons. The molecule has 2 unspecified atom stereocenters. The van der Waals surface area contributed by atoms with E-state index < -0.39 is 15.8 Å². The Morgan fingerprint density at radius 2 is 1.67 bits per heavy atom. The van der Waals surface area contributed by atoms with Gasteiger partial charge >= 0.3 is 0 Å². The van der Waals surface area contributed by atoms with E-state index >= 15 is 0 Å². The molecule has 0 bridgehead atoms. The summed E-state index contributed by atoms with van der Waals surface area (Å²) in [5.41, 5.74) is 0.919. The summed E-state index contributed by atoms with van der Waals surface area (Å²) in [6.07, 6.45) is 5.30. The molecule has 21 heavy (non-hydrogen) atoms. The van der Waals surface area contributed by atoms with E-state index in [0.29, 0.717) is 17.0 Å². The summed E-state index contributed by atoms with van der Waals surface area (Å²) in [4.78, 5) is 0.223. The highest BCUT2D eigenvalue weighted by atomic mass is 32.2. The molecule has 1 aliphatic carbocycles. The fourth-order valence-electron chi connectivity index (χ4n) is 3.25. The van der Waals surface area contributed by atoms with Crippen LogP contribution < -0.4 is 4.72 Å². The largest absolute Gasteiger partial charge is 0.241 e. The van der Waals surface area contributed by atoms with Crippen molar-refractivity contribution in [3.8, 4) is 0 Å². The second-order valence-corrected chi connectivity index (χ2v) is 7.86. The van der Waals surface area contributed by atoms with Crippen molar-refractivity contribution in [1.82, 2.24) is 4.72 Å². The minimum atomic E-state index is -3.60. The predicted octanol–water partition coefficient (Wildman–Crippen LogP) is 3.69. The fraction of sp³-hybridized carbons (Fsp3) is 0.625. The Kier molecular flexibility index (Phi) is 5.04. The molecular weight excluding hydrogens is 289 g/mol. The Morgan fingerprint density at radius 3 is 2.29 bits per heavy atom. The zero-order chi connectivity index (χ0) is 15.6. The van der Waals surface area contributed by atoms with Gasteiger partial charge in [-0.15, -0.1) is 0 Å². The first-order valence-electron chi connectivity index (χ1n) is 7.60. The maximum absolute atomic E-state index is 13.4. The molecule has 1 aliphatic rings. The van der Waals surface area contributed by atoms with E-state index in [1.54, 1.807) is 13.8 Å². The van der Waals surface area contributed by atoms with Crippen LogP contribution in [0, 0.1) is 25.6 Å². The summed E-state index contributed by atoms with van der Waals surface area (Å²) in [7, 11) is -3.60. The minimum absolute atomic E-state index is 0.0265. The van der Waals surface area contributed by atoms with E-state index in [-0.39, 0.29) is 10.9 Å². The third kappa shape index (κ3) is 3.83. The van der Waals surface area contributed by atoms with E-state index in [2.05, 4.69) is 11.6 Å². The van der Waals surface area contributed by atoms with Crippen molar-refractivity contribution in [2.24, 2.45) is 5.92 Å². The molecule has 0 aliphatic heterocycles. The quantitative estimate of drug-likeness (QED) is 0.865. The summed E-state index contributed by atoms with van der Waals surface area (Å²) in [6, 6.07) is 2.53. The standard InChI is InChI=1S/C16H24FNO2S/c1-11-7-5-4-6-8-15(11)18-21(19,20)16-12(2)9-14(17)10-13(16)3/h9-11,15,18H,4-8H2,1-3H3. The van der Waals surface area contributed by atoms with Crippen LogP contribution in [0.5, 0.6) is 0 Å². The third-order valence-electron chi connectivity index (χ3n) is 4.36. The summed E-state index contributed by atoms with van der Waals surface area (Å²) < 4.78 is 41.6. The molecule has 3 nitrogen and oxygen atoms in total. The van der Waals surface area contributed by atoms with Crippen LogP contribution in [0.4, 0.5) is 4.39 Å². The predicted molar refractivity (Wildman–Crippen MR) is 82.2 cm³/mol. The molecule has 118 valence electrons. The second kappa shape index (κ2) is 6.44. The summed E-state index contributed by atoms with van der Waals surface area (Å²) in [5.74, 6) is -0.0601. The molecule has 1 N–H and O–H groups in total. The highest BCUT2D eigenvalue weighted by Crippen LogP contribution is 2.26. The summed E-state index contributed by atoms with van der Waals surface area (Å²) in [5, 5.41) is 0. The lowest BCUT2D eigenvalue weighted by molar-refractivity contribution is 0.399. The van der Waals surface area contributed by atoms with Gasteiger partial charge in [0.05, 0.1) is 4.90 Å². The maximum atomic E-state index is 13.4. The zero-order valence-corrected chi connectivity index (χ0v) is 13.8.